The summed E-state index contributed by atoms with van der Waals surface area (Å²) in [6.07, 6.45) is -2.87. The minimum absolute atomic E-state index is 0.0368. The van der Waals surface area contributed by atoms with Crippen LogP contribution in [0.2, 0.25) is 0 Å². The van der Waals surface area contributed by atoms with Gasteiger partial charge in [0.25, 0.3) is 5.85 Å². The third-order valence-electron chi connectivity index (χ3n) is 5.44. The Balaban J connectivity index is 1.64. The maximum absolute atomic E-state index is 16.2. The van der Waals surface area contributed by atoms with E-state index in [9.17, 15) is 9.36 Å². The Morgan fingerprint density at radius 3 is 2.80 bits per heavy atom. The van der Waals surface area contributed by atoms with Gasteiger partial charge in [-0.25, -0.2) is 23.0 Å². The SMILES string of the molecule is CCOc1nc(N)nc2c1ncn2[C@@H]1O[C@]2(F)COP(=O)(N(C)CC(=O)OC(C)C)O[C@H]2[C@@]1(C)F. The van der Waals surface area contributed by atoms with Crippen molar-refractivity contribution in [2.24, 2.45) is 0 Å². The molecule has 194 valence electrons. The van der Waals surface area contributed by atoms with Gasteiger partial charge >= 0.3 is 13.7 Å². The largest absolute Gasteiger partial charge is 0.476 e. The van der Waals surface area contributed by atoms with Crippen molar-refractivity contribution < 1.29 is 41.4 Å². The van der Waals surface area contributed by atoms with Crippen molar-refractivity contribution in [2.75, 3.05) is 32.5 Å². The van der Waals surface area contributed by atoms with Gasteiger partial charge in [-0.1, -0.05) is 0 Å². The molecule has 4 heterocycles. The van der Waals surface area contributed by atoms with Crippen LogP contribution in [0.5, 0.6) is 5.88 Å². The molecular weight excluding hydrogens is 493 g/mol. The average Bonchev–Trinajstić information content (AvgIpc) is 3.24. The van der Waals surface area contributed by atoms with Crippen LogP contribution in [0.1, 0.15) is 33.9 Å². The van der Waals surface area contributed by atoms with Gasteiger partial charge in [0.05, 0.1) is 19.0 Å². The number of likely N-dealkylation sites (N-methyl/N-ethyl adjacent to an activating group) is 1. The molecule has 2 aromatic heterocycles. The second kappa shape index (κ2) is 8.89. The van der Waals surface area contributed by atoms with Crippen LogP contribution < -0.4 is 10.5 Å². The van der Waals surface area contributed by atoms with Gasteiger partial charge in [0, 0.05) is 0 Å². The maximum Gasteiger partial charge on any atom is 0.409 e. The highest BCUT2D eigenvalue weighted by molar-refractivity contribution is 7.51. The number of aromatic nitrogens is 4. The zero-order valence-corrected chi connectivity index (χ0v) is 20.7. The quantitative estimate of drug-likeness (QED) is 0.420. The number of carbonyl (C=O) groups is 1. The molecule has 0 aliphatic carbocycles. The first-order valence-electron chi connectivity index (χ1n) is 10.8. The van der Waals surface area contributed by atoms with Crippen LogP contribution in [0.4, 0.5) is 14.7 Å². The van der Waals surface area contributed by atoms with Gasteiger partial charge in [-0.05, 0) is 34.7 Å². The van der Waals surface area contributed by atoms with E-state index >= 15 is 8.78 Å². The molecule has 0 spiro atoms. The number of halogens is 2. The molecule has 2 fully saturated rings. The number of hydrogen-bond acceptors (Lipinski definition) is 11. The van der Waals surface area contributed by atoms with Crippen LogP contribution in [-0.2, 0) is 27.9 Å². The van der Waals surface area contributed by atoms with Crippen molar-refractivity contribution in [1.82, 2.24) is 24.2 Å². The van der Waals surface area contributed by atoms with E-state index < -0.39 is 56.8 Å². The van der Waals surface area contributed by atoms with E-state index in [1.165, 1.54) is 13.4 Å². The number of anilines is 1. The first-order chi connectivity index (χ1) is 16.3. The molecule has 4 rings (SSSR count). The van der Waals surface area contributed by atoms with Crippen molar-refractivity contribution in [2.45, 2.75) is 57.7 Å². The number of rotatable bonds is 7. The Labute approximate surface area is 199 Å². The predicted molar refractivity (Wildman–Crippen MR) is 117 cm³/mol. The summed E-state index contributed by atoms with van der Waals surface area (Å²) in [4.78, 5) is 24.2. The number of fused-ring (bicyclic) bond motifs is 2. The van der Waals surface area contributed by atoms with Gasteiger partial charge in [-0.15, -0.1) is 0 Å². The molecule has 2 aliphatic heterocycles. The van der Waals surface area contributed by atoms with Crippen molar-refractivity contribution in [3.8, 4) is 5.88 Å². The third-order valence-corrected chi connectivity index (χ3v) is 7.35. The highest BCUT2D eigenvalue weighted by Gasteiger charge is 2.70. The number of nitrogens with zero attached hydrogens (tertiary/aromatic N) is 5. The molecule has 0 radical (unpaired) electrons. The maximum atomic E-state index is 16.2. The Bertz CT molecular complexity index is 1180. The summed E-state index contributed by atoms with van der Waals surface area (Å²) in [7, 11) is -3.03. The second-order valence-electron chi connectivity index (χ2n) is 8.63. The van der Waals surface area contributed by atoms with E-state index in [0.717, 1.165) is 16.2 Å². The number of alkyl halides is 2. The summed E-state index contributed by atoms with van der Waals surface area (Å²) in [5.41, 5.74) is 3.36. The summed E-state index contributed by atoms with van der Waals surface area (Å²) < 4.78 is 73.7. The highest BCUT2D eigenvalue weighted by Crippen LogP contribution is 2.63. The van der Waals surface area contributed by atoms with Crippen molar-refractivity contribution in [3.63, 3.8) is 0 Å². The average molecular weight is 520 g/mol. The standard InChI is InChI=1S/C19H27F2N6O7P/c1-6-30-14-12-13(24-17(22)25-14)27(9-23-12)16-18(4,20)15-19(21,33-16)8-31-35(29,34-15)26(5)7-11(28)32-10(2)3/h9-10,15-16H,6-8H2,1-5H3,(H2,22,24,25)/t15-,16+,18+,19+,35?/m0/s1. The lowest BCUT2D eigenvalue weighted by molar-refractivity contribution is -0.216. The zero-order valence-electron chi connectivity index (χ0n) is 19.8. The van der Waals surface area contributed by atoms with Gasteiger partial charge < -0.3 is 19.9 Å². The normalized spacial score (nSPS) is 32.8. The number of hydrogen-bond donors (Lipinski definition) is 1. The zero-order chi connectivity index (χ0) is 25.8. The van der Waals surface area contributed by atoms with Crippen molar-refractivity contribution in [3.05, 3.63) is 6.33 Å². The van der Waals surface area contributed by atoms with E-state index in [0.29, 0.717) is 0 Å². The lowest BCUT2D eigenvalue weighted by Gasteiger charge is -2.39. The number of imidazole rings is 1. The third kappa shape index (κ3) is 4.47. The summed E-state index contributed by atoms with van der Waals surface area (Å²) in [6.45, 7) is 4.91. The van der Waals surface area contributed by atoms with Crippen LogP contribution in [0.25, 0.3) is 11.2 Å². The lowest BCUT2D eigenvalue weighted by atomic mass is 9.97. The summed E-state index contributed by atoms with van der Waals surface area (Å²) in [5, 5.41) is 0. The smallest absolute Gasteiger partial charge is 0.409 e. The Kier molecular flexibility index (Phi) is 6.51. The number of nitrogens with two attached hydrogens (primary N) is 1. The van der Waals surface area contributed by atoms with Crippen LogP contribution in [0.15, 0.2) is 6.33 Å². The van der Waals surface area contributed by atoms with E-state index in [4.69, 9.17) is 29.0 Å². The molecule has 2 saturated heterocycles. The van der Waals surface area contributed by atoms with Crippen LogP contribution in [-0.4, -0.2) is 80.7 Å². The fourth-order valence-electron chi connectivity index (χ4n) is 3.94. The minimum atomic E-state index is -4.29. The van der Waals surface area contributed by atoms with Crippen LogP contribution in [0, 0.1) is 0 Å². The molecule has 2 N–H and O–H groups in total. The minimum Gasteiger partial charge on any atom is -0.476 e. The summed E-state index contributed by atoms with van der Waals surface area (Å²) in [5.74, 6) is -3.62. The fraction of sp³-hybridized carbons (Fsp3) is 0.684. The molecule has 0 aromatic carbocycles. The van der Waals surface area contributed by atoms with Crippen LogP contribution in [0.3, 0.4) is 0 Å². The molecule has 5 atom stereocenters. The molecule has 2 aliphatic rings. The Morgan fingerprint density at radius 2 is 2.14 bits per heavy atom. The Morgan fingerprint density at radius 1 is 1.43 bits per heavy atom. The van der Waals surface area contributed by atoms with E-state index in [1.54, 1.807) is 20.8 Å². The van der Waals surface area contributed by atoms with Crippen molar-refractivity contribution in [1.29, 1.82) is 0 Å². The monoisotopic (exact) mass is 520 g/mol. The van der Waals surface area contributed by atoms with Gasteiger partial charge in [-0.2, -0.15) is 9.97 Å². The van der Waals surface area contributed by atoms with Gasteiger partial charge in [0.15, 0.2) is 29.2 Å². The van der Waals surface area contributed by atoms with Crippen molar-refractivity contribution >= 4 is 30.8 Å². The number of ether oxygens (including phenoxy) is 3. The predicted octanol–water partition coefficient (Wildman–Crippen LogP) is 2.14. The number of nitrogen functional groups attached to an aromatic ring is 1. The fourth-order valence-corrected chi connectivity index (χ4v) is 5.61. The molecule has 0 amide bonds. The molecule has 16 heteroatoms. The molecule has 1 unspecified atom stereocenters. The van der Waals surface area contributed by atoms with Gasteiger partial charge in [0.2, 0.25) is 11.8 Å². The van der Waals surface area contributed by atoms with E-state index in [2.05, 4.69) is 15.0 Å². The molecule has 0 saturated carbocycles. The topological polar surface area (TPSA) is 153 Å². The van der Waals surface area contributed by atoms with Crippen LogP contribution >= 0.6 is 7.75 Å². The first-order valence-corrected chi connectivity index (χ1v) is 12.3. The van der Waals surface area contributed by atoms with E-state index in [1.807, 2.05) is 0 Å². The van der Waals surface area contributed by atoms with Gasteiger partial charge in [-0.3, -0.25) is 18.4 Å². The highest BCUT2D eigenvalue weighted by atomic mass is 31.2. The number of carbonyl (C=O) groups excluding carboxylic acids is 1. The molecule has 0 bridgehead atoms. The molecule has 2 aromatic rings. The molecule has 35 heavy (non-hydrogen) atoms. The molecule has 13 nitrogen and oxygen atoms in total. The summed E-state index contributed by atoms with van der Waals surface area (Å²) in [6, 6.07) is 0. The first kappa shape index (κ1) is 25.6. The number of esters is 1. The van der Waals surface area contributed by atoms with Gasteiger partial charge in [0.1, 0.15) is 13.2 Å². The summed E-state index contributed by atoms with van der Waals surface area (Å²) >= 11 is 0. The second-order valence-corrected chi connectivity index (χ2v) is 10.7. The Hall–Kier alpha value is -2.45. The lowest BCUT2D eigenvalue weighted by Crippen LogP contribution is -2.52. The van der Waals surface area contributed by atoms with E-state index in [-0.39, 0.29) is 29.6 Å². The molecular formula is C19H27F2N6O7P.